The van der Waals surface area contributed by atoms with Crippen molar-refractivity contribution >= 4 is 11.3 Å². The van der Waals surface area contributed by atoms with Gasteiger partial charge in [0.05, 0.1) is 11.2 Å². The lowest BCUT2D eigenvalue weighted by atomic mass is 9.94. The molecule has 0 aliphatic carbocycles. The van der Waals surface area contributed by atoms with Crippen molar-refractivity contribution in [1.82, 2.24) is 10.3 Å². The van der Waals surface area contributed by atoms with Crippen molar-refractivity contribution in [3.05, 3.63) is 15.6 Å². The van der Waals surface area contributed by atoms with Crippen LogP contribution < -0.4 is 5.32 Å². The SMILES string of the molecule is CCCCCCC(C)(NCC)c1nc(CC)c(C)s1. The maximum atomic E-state index is 4.87. The summed E-state index contributed by atoms with van der Waals surface area (Å²) in [4.78, 5) is 6.26. The maximum absolute atomic E-state index is 4.87. The number of nitrogens with zero attached hydrogens (tertiary/aromatic N) is 1. The fraction of sp³-hybridized carbons (Fsp3) is 0.812. The molecule has 1 N–H and O–H groups in total. The minimum Gasteiger partial charge on any atom is -0.306 e. The fourth-order valence-corrected chi connectivity index (χ4v) is 3.71. The van der Waals surface area contributed by atoms with E-state index in [0.29, 0.717) is 0 Å². The molecule has 1 aromatic rings. The second-order valence-electron chi connectivity index (χ2n) is 5.55. The normalized spacial score (nSPS) is 14.6. The van der Waals surface area contributed by atoms with E-state index in [9.17, 15) is 0 Å². The van der Waals surface area contributed by atoms with Gasteiger partial charge in [0.1, 0.15) is 5.01 Å². The van der Waals surface area contributed by atoms with Gasteiger partial charge in [-0.2, -0.15) is 0 Å². The van der Waals surface area contributed by atoms with Crippen LogP contribution >= 0.6 is 11.3 Å². The first-order valence-corrected chi connectivity index (χ1v) is 8.60. The second kappa shape index (κ2) is 8.01. The molecule has 3 heteroatoms. The number of aromatic nitrogens is 1. The predicted octanol–water partition coefficient (Wildman–Crippen LogP) is 4.81. The third-order valence-electron chi connectivity index (χ3n) is 3.80. The van der Waals surface area contributed by atoms with Gasteiger partial charge in [0, 0.05) is 4.88 Å². The lowest BCUT2D eigenvalue weighted by Crippen LogP contribution is -2.39. The van der Waals surface area contributed by atoms with Crippen LogP contribution in [0.5, 0.6) is 0 Å². The highest BCUT2D eigenvalue weighted by Crippen LogP contribution is 2.32. The Morgan fingerprint density at radius 1 is 1.16 bits per heavy atom. The van der Waals surface area contributed by atoms with E-state index in [0.717, 1.165) is 13.0 Å². The van der Waals surface area contributed by atoms with Crippen LogP contribution in [-0.2, 0) is 12.0 Å². The van der Waals surface area contributed by atoms with E-state index in [1.165, 1.54) is 47.7 Å². The lowest BCUT2D eigenvalue weighted by molar-refractivity contribution is 0.332. The zero-order valence-electron chi connectivity index (χ0n) is 13.3. The molecule has 1 aromatic heterocycles. The second-order valence-corrected chi connectivity index (χ2v) is 6.75. The van der Waals surface area contributed by atoms with Gasteiger partial charge in [0.15, 0.2) is 0 Å². The molecule has 0 fully saturated rings. The molecule has 0 saturated heterocycles. The summed E-state index contributed by atoms with van der Waals surface area (Å²) < 4.78 is 0. The quantitative estimate of drug-likeness (QED) is 0.657. The van der Waals surface area contributed by atoms with Crippen LogP contribution in [0, 0.1) is 6.92 Å². The van der Waals surface area contributed by atoms with Crippen molar-refractivity contribution < 1.29 is 0 Å². The Bertz CT molecular complexity index is 373. The summed E-state index contributed by atoms with van der Waals surface area (Å²) in [5, 5.41) is 4.94. The number of hydrogen-bond donors (Lipinski definition) is 1. The van der Waals surface area contributed by atoms with Gasteiger partial charge in [-0.15, -0.1) is 11.3 Å². The Hall–Kier alpha value is -0.410. The molecule has 1 unspecified atom stereocenters. The third-order valence-corrected chi connectivity index (χ3v) is 5.07. The summed E-state index contributed by atoms with van der Waals surface area (Å²) >= 11 is 1.88. The van der Waals surface area contributed by atoms with E-state index < -0.39 is 0 Å². The molecule has 1 rings (SSSR count). The number of hydrogen-bond acceptors (Lipinski definition) is 3. The first kappa shape index (κ1) is 16.6. The molecule has 19 heavy (non-hydrogen) atoms. The van der Waals surface area contributed by atoms with Crippen LogP contribution in [0.1, 0.15) is 75.4 Å². The van der Waals surface area contributed by atoms with Crippen LogP contribution in [0.2, 0.25) is 0 Å². The number of thiazole rings is 1. The third kappa shape index (κ3) is 4.57. The smallest absolute Gasteiger partial charge is 0.113 e. The summed E-state index contributed by atoms with van der Waals surface area (Å²) in [5.41, 5.74) is 1.34. The topological polar surface area (TPSA) is 24.9 Å². The van der Waals surface area contributed by atoms with Gasteiger partial charge in [0.25, 0.3) is 0 Å². The monoisotopic (exact) mass is 282 g/mol. The average Bonchev–Trinajstić information content (AvgIpc) is 2.77. The number of nitrogens with one attached hydrogen (secondary N) is 1. The first-order chi connectivity index (χ1) is 9.07. The lowest BCUT2D eigenvalue weighted by Gasteiger charge is -2.28. The van der Waals surface area contributed by atoms with Crippen LogP contribution in [0.4, 0.5) is 0 Å². The highest BCUT2D eigenvalue weighted by atomic mass is 32.1. The van der Waals surface area contributed by atoms with Crippen molar-refractivity contribution in [1.29, 1.82) is 0 Å². The number of aryl methyl sites for hydroxylation is 2. The van der Waals surface area contributed by atoms with E-state index in [-0.39, 0.29) is 5.54 Å². The van der Waals surface area contributed by atoms with E-state index in [2.05, 4.69) is 39.9 Å². The van der Waals surface area contributed by atoms with Gasteiger partial charge in [-0.1, -0.05) is 46.5 Å². The van der Waals surface area contributed by atoms with Gasteiger partial charge in [-0.3, -0.25) is 0 Å². The molecule has 0 amide bonds. The Kier molecular flexibility index (Phi) is 7.01. The Labute approximate surface area is 123 Å². The molecule has 0 spiro atoms. The summed E-state index contributed by atoms with van der Waals surface area (Å²) in [6.45, 7) is 12.2. The molecule has 0 aliphatic heterocycles. The van der Waals surface area contributed by atoms with Gasteiger partial charge >= 0.3 is 0 Å². The molecular weight excluding hydrogens is 252 g/mol. The molecule has 0 bridgehead atoms. The van der Waals surface area contributed by atoms with Crippen molar-refractivity contribution in [2.75, 3.05) is 6.54 Å². The van der Waals surface area contributed by atoms with Crippen LogP contribution in [0.3, 0.4) is 0 Å². The van der Waals surface area contributed by atoms with Crippen molar-refractivity contribution in [2.45, 2.75) is 78.7 Å². The Balaban J connectivity index is 2.78. The Morgan fingerprint density at radius 2 is 1.89 bits per heavy atom. The zero-order valence-corrected chi connectivity index (χ0v) is 14.1. The minimum atomic E-state index is 0.0609. The van der Waals surface area contributed by atoms with Crippen LogP contribution in [-0.4, -0.2) is 11.5 Å². The molecule has 2 nitrogen and oxygen atoms in total. The van der Waals surface area contributed by atoms with E-state index >= 15 is 0 Å². The molecule has 110 valence electrons. The highest BCUT2D eigenvalue weighted by Gasteiger charge is 2.29. The van der Waals surface area contributed by atoms with Crippen molar-refractivity contribution in [3.63, 3.8) is 0 Å². The average molecular weight is 282 g/mol. The first-order valence-electron chi connectivity index (χ1n) is 7.79. The molecule has 1 heterocycles. The summed E-state index contributed by atoms with van der Waals surface area (Å²) in [7, 11) is 0. The predicted molar refractivity (Wildman–Crippen MR) is 86.0 cm³/mol. The summed E-state index contributed by atoms with van der Waals surface area (Å²) in [6.07, 6.45) is 7.50. The van der Waals surface area contributed by atoms with Crippen LogP contribution in [0.25, 0.3) is 0 Å². The van der Waals surface area contributed by atoms with Crippen LogP contribution in [0.15, 0.2) is 0 Å². The van der Waals surface area contributed by atoms with E-state index in [1.54, 1.807) is 0 Å². The fourth-order valence-electron chi connectivity index (χ4n) is 2.56. The summed E-state index contributed by atoms with van der Waals surface area (Å²) in [6, 6.07) is 0. The highest BCUT2D eigenvalue weighted by molar-refractivity contribution is 7.11. The molecule has 0 aliphatic rings. The van der Waals surface area contributed by atoms with Gasteiger partial charge in [-0.05, 0) is 33.2 Å². The van der Waals surface area contributed by atoms with E-state index in [4.69, 9.17) is 4.98 Å². The number of unbranched alkanes of at least 4 members (excludes halogenated alkanes) is 3. The Morgan fingerprint density at radius 3 is 2.42 bits per heavy atom. The van der Waals surface area contributed by atoms with Gasteiger partial charge < -0.3 is 5.32 Å². The van der Waals surface area contributed by atoms with E-state index in [1.807, 2.05) is 11.3 Å². The molecule has 0 saturated carbocycles. The van der Waals surface area contributed by atoms with Gasteiger partial charge in [-0.25, -0.2) is 4.98 Å². The summed E-state index contributed by atoms with van der Waals surface area (Å²) in [5.74, 6) is 0. The van der Waals surface area contributed by atoms with Crippen molar-refractivity contribution in [2.24, 2.45) is 0 Å². The van der Waals surface area contributed by atoms with Gasteiger partial charge in [0.2, 0.25) is 0 Å². The zero-order chi connectivity index (χ0) is 14.3. The number of rotatable bonds is 9. The molecular formula is C16H30N2S. The minimum absolute atomic E-state index is 0.0609. The largest absolute Gasteiger partial charge is 0.306 e. The van der Waals surface area contributed by atoms with Crippen molar-refractivity contribution in [3.8, 4) is 0 Å². The molecule has 0 radical (unpaired) electrons. The standard InChI is InChI=1S/C16H30N2S/c1-6-9-10-11-12-16(5,17-8-3)15-18-14(7-2)13(4)19-15/h17H,6-12H2,1-5H3. The maximum Gasteiger partial charge on any atom is 0.113 e. The molecule has 0 aromatic carbocycles. The molecule has 1 atom stereocenters.